The van der Waals surface area contributed by atoms with Crippen molar-refractivity contribution in [3.05, 3.63) is 53.6 Å². The highest BCUT2D eigenvalue weighted by Gasteiger charge is 2.22. The van der Waals surface area contributed by atoms with Crippen molar-refractivity contribution in [3.8, 4) is 17.2 Å². The lowest BCUT2D eigenvalue weighted by atomic mass is 10.0. The molecule has 0 aliphatic carbocycles. The number of benzene rings is 2. The lowest BCUT2D eigenvalue weighted by Crippen LogP contribution is -2.41. The SMILES string of the molecule is COc1cc(CNC2CCN(Cc3ccccc3)CC2)cc2c1OCO2.O=C(O)C(=O)O. The number of methoxy groups -OCH3 is 1. The first kappa shape index (κ1) is 23.4. The first-order valence-electron chi connectivity index (χ1n) is 10.4. The Morgan fingerprint density at radius 3 is 2.38 bits per heavy atom. The van der Waals surface area contributed by atoms with Crippen molar-refractivity contribution in [1.82, 2.24) is 10.2 Å². The molecule has 0 atom stereocenters. The van der Waals surface area contributed by atoms with Crippen LogP contribution < -0.4 is 19.5 Å². The maximum atomic E-state index is 9.10. The van der Waals surface area contributed by atoms with Crippen LogP contribution in [-0.4, -0.2) is 60.1 Å². The van der Waals surface area contributed by atoms with E-state index in [0.29, 0.717) is 11.8 Å². The Kier molecular flexibility index (Phi) is 8.29. The van der Waals surface area contributed by atoms with Gasteiger partial charge in [0.15, 0.2) is 11.5 Å². The Bertz CT molecular complexity index is 900. The summed E-state index contributed by atoms with van der Waals surface area (Å²) in [5.41, 5.74) is 2.56. The molecule has 172 valence electrons. The second kappa shape index (κ2) is 11.4. The predicted molar refractivity (Wildman–Crippen MR) is 116 cm³/mol. The number of piperidine rings is 1. The molecule has 2 heterocycles. The van der Waals surface area contributed by atoms with E-state index in [9.17, 15) is 0 Å². The van der Waals surface area contributed by atoms with Crippen LogP contribution in [0.25, 0.3) is 0 Å². The number of ether oxygens (including phenoxy) is 3. The minimum Gasteiger partial charge on any atom is -0.493 e. The van der Waals surface area contributed by atoms with Crippen LogP contribution in [0.15, 0.2) is 42.5 Å². The third-order valence-corrected chi connectivity index (χ3v) is 5.33. The predicted octanol–water partition coefficient (Wildman–Crippen LogP) is 2.33. The fourth-order valence-electron chi connectivity index (χ4n) is 3.68. The summed E-state index contributed by atoms with van der Waals surface area (Å²) in [7, 11) is 1.66. The number of carboxylic acid groups (broad SMARTS) is 2. The van der Waals surface area contributed by atoms with E-state index in [2.05, 4.69) is 40.5 Å². The summed E-state index contributed by atoms with van der Waals surface area (Å²) in [6.45, 7) is 4.40. The van der Waals surface area contributed by atoms with E-state index in [1.54, 1.807) is 7.11 Å². The fourth-order valence-corrected chi connectivity index (χ4v) is 3.68. The molecule has 1 fully saturated rings. The average molecular weight is 444 g/mol. The smallest absolute Gasteiger partial charge is 0.414 e. The average Bonchev–Trinajstić information content (AvgIpc) is 3.28. The summed E-state index contributed by atoms with van der Waals surface area (Å²) in [5, 5.41) is 18.5. The molecule has 32 heavy (non-hydrogen) atoms. The first-order valence-corrected chi connectivity index (χ1v) is 10.4. The van der Waals surface area contributed by atoms with Crippen LogP contribution >= 0.6 is 0 Å². The van der Waals surface area contributed by atoms with Gasteiger partial charge in [-0.05, 0) is 49.2 Å². The number of nitrogens with one attached hydrogen (secondary N) is 1. The van der Waals surface area contributed by atoms with Gasteiger partial charge in [-0.25, -0.2) is 9.59 Å². The van der Waals surface area contributed by atoms with Gasteiger partial charge in [0, 0.05) is 19.1 Å². The minimum absolute atomic E-state index is 0.266. The molecule has 0 bridgehead atoms. The van der Waals surface area contributed by atoms with Crippen LogP contribution in [0, 0.1) is 0 Å². The van der Waals surface area contributed by atoms with Gasteiger partial charge in [-0.15, -0.1) is 0 Å². The van der Waals surface area contributed by atoms with Crippen molar-refractivity contribution in [3.63, 3.8) is 0 Å². The Morgan fingerprint density at radius 1 is 1.06 bits per heavy atom. The van der Waals surface area contributed by atoms with Gasteiger partial charge in [0.05, 0.1) is 7.11 Å². The highest BCUT2D eigenvalue weighted by molar-refractivity contribution is 6.27. The van der Waals surface area contributed by atoms with Crippen LogP contribution in [0.5, 0.6) is 17.2 Å². The number of rotatable bonds is 6. The first-order chi connectivity index (χ1) is 15.5. The Morgan fingerprint density at radius 2 is 1.75 bits per heavy atom. The number of hydrogen-bond donors (Lipinski definition) is 3. The molecule has 0 saturated carbocycles. The Hall–Kier alpha value is -3.30. The second-order valence-electron chi connectivity index (χ2n) is 7.56. The number of nitrogens with zero attached hydrogens (tertiary/aromatic N) is 1. The van der Waals surface area contributed by atoms with Crippen molar-refractivity contribution in [1.29, 1.82) is 0 Å². The van der Waals surface area contributed by atoms with Gasteiger partial charge in [0.1, 0.15) is 0 Å². The molecule has 0 radical (unpaired) electrons. The van der Waals surface area contributed by atoms with Gasteiger partial charge in [0.2, 0.25) is 12.5 Å². The zero-order chi connectivity index (χ0) is 22.9. The highest BCUT2D eigenvalue weighted by atomic mass is 16.7. The van der Waals surface area contributed by atoms with Crippen molar-refractivity contribution in [2.75, 3.05) is 27.0 Å². The van der Waals surface area contributed by atoms with Gasteiger partial charge in [-0.2, -0.15) is 0 Å². The topological polar surface area (TPSA) is 118 Å². The maximum Gasteiger partial charge on any atom is 0.414 e. The number of hydrogen-bond acceptors (Lipinski definition) is 7. The molecule has 3 N–H and O–H groups in total. The molecule has 0 unspecified atom stereocenters. The van der Waals surface area contributed by atoms with Crippen molar-refractivity contribution < 1.29 is 34.0 Å². The largest absolute Gasteiger partial charge is 0.493 e. The standard InChI is InChI=1S/C21H26N2O3.C2H2O4/c1-24-19-11-17(12-20-21(19)26-15-25-20)13-22-18-7-9-23(10-8-18)14-16-5-3-2-4-6-16;3-1(4)2(5)6/h2-6,11-12,18,22H,7-10,13-15H2,1H3;(H,3,4)(H,5,6). The summed E-state index contributed by atoms with van der Waals surface area (Å²) in [6, 6.07) is 15.3. The van der Waals surface area contributed by atoms with Gasteiger partial charge in [-0.3, -0.25) is 4.90 Å². The number of fused-ring (bicyclic) bond motifs is 1. The molecule has 0 aromatic heterocycles. The number of carboxylic acids is 2. The molecule has 1 saturated heterocycles. The second-order valence-corrected chi connectivity index (χ2v) is 7.56. The molecule has 0 spiro atoms. The number of carbonyl (C=O) groups is 2. The van der Waals surface area contributed by atoms with E-state index in [0.717, 1.165) is 43.2 Å². The zero-order valence-electron chi connectivity index (χ0n) is 18.0. The van der Waals surface area contributed by atoms with Crippen molar-refractivity contribution in [2.24, 2.45) is 0 Å². The molecule has 4 rings (SSSR count). The molecule has 2 aromatic carbocycles. The monoisotopic (exact) mass is 444 g/mol. The van der Waals surface area contributed by atoms with Gasteiger partial charge in [-0.1, -0.05) is 30.3 Å². The summed E-state index contributed by atoms with van der Waals surface area (Å²) < 4.78 is 16.4. The van der Waals surface area contributed by atoms with E-state index in [1.807, 2.05) is 12.1 Å². The highest BCUT2D eigenvalue weighted by Crippen LogP contribution is 2.41. The Labute approximate surface area is 186 Å². The molecule has 9 heteroatoms. The minimum atomic E-state index is -1.82. The van der Waals surface area contributed by atoms with Crippen LogP contribution in [-0.2, 0) is 22.7 Å². The van der Waals surface area contributed by atoms with E-state index in [-0.39, 0.29) is 6.79 Å². The molecule has 9 nitrogen and oxygen atoms in total. The third kappa shape index (κ3) is 6.60. The van der Waals surface area contributed by atoms with Gasteiger partial charge < -0.3 is 29.7 Å². The zero-order valence-corrected chi connectivity index (χ0v) is 18.0. The van der Waals surface area contributed by atoms with E-state index >= 15 is 0 Å². The maximum absolute atomic E-state index is 9.10. The summed E-state index contributed by atoms with van der Waals surface area (Å²) in [6.07, 6.45) is 2.35. The van der Waals surface area contributed by atoms with E-state index in [4.69, 9.17) is 34.0 Å². The fraction of sp³-hybridized carbons (Fsp3) is 0.391. The molecular weight excluding hydrogens is 416 g/mol. The number of likely N-dealkylation sites (tertiary alicyclic amines) is 1. The van der Waals surface area contributed by atoms with Crippen molar-refractivity contribution in [2.45, 2.75) is 32.0 Å². The lowest BCUT2D eigenvalue weighted by Gasteiger charge is -2.32. The summed E-state index contributed by atoms with van der Waals surface area (Å²) in [4.78, 5) is 20.7. The van der Waals surface area contributed by atoms with E-state index < -0.39 is 11.9 Å². The van der Waals surface area contributed by atoms with Gasteiger partial charge >= 0.3 is 11.9 Å². The molecule has 2 aliphatic rings. The summed E-state index contributed by atoms with van der Waals surface area (Å²) >= 11 is 0. The van der Waals surface area contributed by atoms with Crippen LogP contribution in [0.1, 0.15) is 24.0 Å². The molecule has 2 aromatic rings. The molecular formula is C23H28N2O7. The van der Waals surface area contributed by atoms with Crippen LogP contribution in [0.2, 0.25) is 0 Å². The normalized spacial score (nSPS) is 15.5. The van der Waals surface area contributed by atoms with E-state index in [1.165, 1.54) is 18.4 Å². The Balaban J connectivity index is 0.000000427. The number of aliphatic carboxylic acids is 2. The summed E-state index contributed by atoms with van der Waals surface area (Å²) in [5.74, 6) is -1.41. The van der Waals surface area contributed by atoms with Crippen LogP contribution in [0.4, 0.5) is 0 Å². The lowest BCUT2D eigenvalue weighted by molar-refractivity contribution is -0.159. The third-order valence-electron chi connectivity index (χ3n) is 5.33. The molecule has 0 amide bonds. The van der Waals surface area contributed by atoms with Crippen molar-refractivity contribution >= 4 is 11.9 Å². The van der Waals surface area contributed by atoms with Crippen LogP contribution in [0.3, 0.4) is 0 Å². The quantitative estimate of drug-likeness (QED) is 0.577. The van der Waals surface area contributed by atoms with Gasteiger partial charge in [0.25, 0.3) is 0 Å². The molecule has 2 aliphatic heterocycles.